The van der Waals surface area contributed by atoms with Crippen molar-refractivity contribution in [1.82, 2.24) is 10.6 Å². The number of aliphatic carboxylic acids is 1. The highest BCUT2D eigenvalue weighted by Gasteiger charge is 2.23. The standard InChI is InChI=1S/C12H20N2O5/c1-19-10(15)5-4-9(11(16)17)14-12(18)13-7-6-8-2-3-8/h8-9H,2-7H2,1H3,(H,16,17)(H2,13,14,18)/t9-/m1/s1. The number of esters is 1. The Balaban J connectivity index is 2.23. The molecule has 7 nitrogen and oxygen atoms in total. The van der Waals surface area contributed by atoms with Crippen molar-refractivity contribution in [3.8, 4) is 0 Å². The van der Waals surface area contributed by atoms with Crippen LogP contribution in [0.15, 0.2) is 0 Å². The lowest BCUT2D eigenvalue weighted by atomic mass is 10.1. The van der Waals surface area contributed by atoms with Crippen LogP contribution in [-0.4, -0.2) is 42.8 Å². The second-order valence-electron chi connectivity index (χ2n) is 4.64. The normalized spacial score (nSPS) is 15.4. The lowest BCUT2D eigenvalue weighted by Crippen LogP contribution is -2.46. The molecule has 0 radical (unpaired) electrons. The summed E-state index contributed by atoms with van der Waals surface area (Å²) in [5.74, 6) is -0.960. The van der Waals surface area contributed by atoms with E-state index in [0.29, 0.717) is 12.5 Å². The van der Waals surface area contributed by atoms with Crippen LogP contribution >= 0.6 is 0 Å². The van der Waals surface area contributed by atoms with E-state index in [1.54, 1.807) is 0 Å². The molecule has 0 aromatic carbocycles. The molecule has 0 bridgehead atoms. The molecule has 1 fully saturated rings. The van der Waals surface area contributed by atoms with Crippen molar-refractivity contribution in [2.45, 2.75) is 38.1 Å². The monoisotopic (exact) mass is 272 g/mol. The number of urea groups is 1. The van der Waals surface area contributed by atoms with Gasteiger partial charge in [-0.1, -0.05) is 12.8 Å². The van der Waals surface area contributed by atoms with Gasteiger partial charge in [-0.15, -0.1) is 0 Å². The van der Waals surface area contributed by atoms with Gasteiger partial charge in [0.15, 0.2) is 0 Å². The predicted molar refractivity (Wildman–Crippen MR) is 66.5 cm³/mol. The molecule has 0 saturated heterocycles. The average molecular weight is 272 g/mol. The Morgan fingerprint density at radius 2 is 2.05 bits per heavy atom. The maximum atomic E-state index is 11.5. The summed E-state index contributed by atoms with van der Waals surface area (Å²) in [4.78, 5) is 33.3. The third-order valence-electron chi connectivity index (χ3n) is 3.00. The molecule has 0 spiro atoms. The van der Waals surface area contributed by atoms with E-state index in [1.807, 2.05) is 0 Å². The van der Waals surface area contributed by atoms with Crippen molar-refractivity contribution in [3.63, 3.8) is 0 Å². The second kappa shape index (κ2) is 7.60. The van der Waals surface area contributed by atoms with E-state index in [2.05, 4.69) is 15.4 Å². The maximum Gasteiger partial charge on any atom is 0.326 e. The Hall–Kier alpha value is -1.79. The maximum absolute atomic E-state index is 11.5. The first-order valence-corrected chi connectivity index (χ1v) is 6.37. The Morgan fingerprint density at radius 1 is 1.37 bits per heavy atom. The number of carbonyl (C=O) groups is 3. The average Bonchev–Trinajstić information content (AvgIpc) is 3.17. The van der Waals surface area contributed by atoms with Crippen molar-refractivity contribution < 1.29 is 24.2 Å². The molecule has 0 aromatic rings. The Morgan fingerprint density at radius 3 is 2.58 bits per heavy atom. The molecule has 0 aromatic heterocycles. The van der Waals surface area contributed by atoms with Gasteiger partial charge < -0.3 is 20.5 Å². The van der Waals surface area contributed by atoms with Gasteiger partial charge in [0.25, 0.3) is 0 Å². The van der Waals surface area contributed by atoms with Crippen LogP contribution in [0.4, 0.5) is 4.79 Å². The van der Waals surface area contributed by atoms with Gasteiger partial charge in [-0.05, 0) is 18.8 Å². The van der Waals surface area contributed by atoms with Gasteiger partial charge in [0, 0.05) is 13.0 Å². The Labute approximate surface area is 111 Å². The van der Waals surface area contributed by atoms with Gasteiger partial charge in [0.2, 0.25) is 0 Å². The minimum atomic E-state index is -1.17. The summed E-state index contributed by atoms with van der Waals surface area (Å²) < 4.78 is 4.42. The van der Waals surface area contributed by atoms with E-state index in [0.717, 1.165) is 6.42 Å². The van der Waals surface area contributed by atoms with E-state index in [9.17, 15) is 14.4 Å². The molecule has 3 N–H and O–H groups in total. The number of ether oxygens (including phenoxy) is 1. The van der Waals surface area contributed by atoms with E-state index in [4.69, 9.17) is 5.11 Å². The number of amides is 2. The van der Waals surface area contributed by atoms with Crippen LogP contribution < -0.4 is 10.6 Å². The third-order valence-corrected chi connectivity index (χ3v) is 3.00. The van der Waals surface area contributed by atoms with Crippen LogP contribution in [0.5, 0.6) is 0 Å². The molecule has 0 unspecified atom stereocenters. The molecule has 1 saturated carbocycles. The van der Waals surface area contributed by atoms with Crippen LogP contribution in [0, 0.1) is 5.92 Å². The van der Waals surface area contributed by atoms with Crippen LogP contribution in [0.25, 0.3) is 0 Å². The molecule has 1 atom stereocenters. The molecular formula is C12H20N2O5. The summed E-state index contributed by atoms with van der Waals surface area (Å²) in [6.07, 6.45) is 3.31. The van der Waals surface area contributed by atoms with Gasteiger partial charge in [0.05, 0.1) is 7.11 Å². The number of carboxylic acid groups (broad SMARTS) is 1. The van der Waals surface area contributed by atoms with Crippen molar-refractivity contribution in [2.24, 2.45) is 5.92 Å². The summed E-state index contributed by atoms with van der Waals surface area (Å²) in [5.41, 5.74) is 0. The van der Waals surface area contributed by atoms with Crippen LogP contribution in [-0.2, 0) is 14.3 Å². The smallest absolute Gasteiger partial charge is 0.326 e. The molecule has 1 aliphatic carbocycles. The minimum absolute atomic E-state index is 0.0120. The SMILES string of the molecule is COC(=O)CC[C@@H](NC(=O)NCCC1CC1)C(=O)O. The summed E-state index contributed by atoms with van der Waals surface area (Å²) in [5, 5.41) is 13.9. The lowest BCUT2D eigenvalue weighted by Gasteiger charge is -2.14. The van der Waals surface area contributed by atoms with Gasteiger partial charge in [-0.2, -0.15) is 0 Å². The highest BCUT2D eigenvalue weighted by atomic mass is 16.5. The first-order valence-electron chi connectivity index (χ1n) is 6.37. The van der Waals surface area contributed by atoms with E-state index in [1.165, 1.54) is 20.0 Å². The van der Waals surface area contributed by atoms with E-state index < -0.39 is 24.0 Å². The second-order valence-corrected chi connectivity index (χ2v) is 4.64. The first kappa shape index (κ1) is 15.3. The highest BCUT2D eigenvalue weighted by molar-refractivity contribution is 5.83. The molecule has 0 aliphatic heterocycles. The summed E-state index contributed by atoms with van der Waals surface area (Å²) in [6, 6.07) is -1.60. The van der Waals surface area contributed by atoms with Crippen LogP contribution in [0.1, 0.15) is 32.1 Å². The molecule has 19 heavy (non-hydrogen) atoms. The molecule has 2 amide bonds. The summed E-state index contributed by atoms with van der Waals surface area (Å²) >= 11 is 0. The fraction of sp³-hybridized carbons (Fsp3) is 0.750. The van der Waals surface area contributed by atoms with E-state index in [-0.39, 0.29) is 12.8 Å². The third kappa shape index (κ3) is 6.64. The Bertz CT molecular complexity index is 341. The highest BCUT2D eigenvalue weighted by Crippen LogP contribution is 2.31. The van der Waals surface area contributed by atoms with Crippen molar-refractivity contribution in [3.05, 3.63) is 0 Å². The van der Waals surface area contributed by atoms with Gasteiger partial charge >= 0.3 is 18.0 Å². The number of carboxylic acids is 1. The summed E-state index contributed by atoms with van der Waals surface area (Å²) in [6.45, 7) is 0.542. The van der Waals surface area contributed by atoms with Crippen molar-refractivity contribution in [1.29, 1.82) is 0 Å². The zero-order valence-corrected chi connectivity index (χ0v) is 11.0. The minimum Gasteiger partial charge on any atom is -0.480 e. The number of nitrogens with one attached hydrogen (secondary N) is 2. The zero-order chi connectivity index (χ0) is 14.3. The molecule has 0 heterocycles. The molecule has 1 rings (SSSR count). The number of rotatable bonds is 8. The fourth-order valence-corrected chi connectivity index (χ4v) is 1.63. The quantitative estimate of drug-likeness (QED) is 0.558. The lowest BCUT2D eigenvalue weighted by molar-refractivity contribution is -0.142. The fourth-order valence-electron chi connectivity index (χ4n) is 1.63. The van der Waals surface area contributed by atoms with E-state index >= 15 is 0 Å². The van der Waals surface area contributed by atoms with Crippen molar-refractivity contribution >= 4 is 18.0 Å². The predicted octanol–water partition coefficient (Wildman–Crippen LogP) is 0.492. The topological polar surface area (TPSA) is 105 Å². The van der Waals surface area contributed by atoms with Crippen LogP contribution in [0.2, 0.25) is 0 Å². The van der Waals surface area contributed by atoms with Crippen molar-refractivity contribution in [2.75, 3.05) is 13.7 Å². The molecule has 7 heteroatoms. The zero-order valence-electron chi connectivity index (χ0n) is 11.0. The molecule has 1 aliphatic rings. The largest absolute Gasteiger partial charge is 0.480 e. The van der Waals surface area contributed by atoms with Crippen LogP contribution in [0.3, 0.4) is 0 Å². The number of hydrogen-bond donors (Lipinski definition) is 3. The number of carbonyl (C=O) groups excluding carboxylic acids is 2. The van der Waals surface area contributed by atoms with Gasteiger partial charge in [-0.3, -0.25) is 4.79 Å². The Kier molecular flexibility index (Phi) is 6.11. The first-order chi connectivity index (χ1) is 9.02. The van der Waals surface area contributed by atoms with Gasteiger partial charge in [0.1, 0.15) is 6.04 Å². The number of hydrogen-bond acceptors (Lipinski definition) is 4. The van der Waals surface area contributed by atoms with Gasteiger partial charge in [-0.25, -0.2) is 9.59 Å². The number of methoxy groups -OCH3 is 1. The molecular weight excluding hydrogens is 252 g/mol. The summed E-state index contributed by atoms with van der Waals surface area (Å²) in [7, 11) is 1.23. The molecule has 108 valence electrons.